The predicted molar refractivity (Wildman–Crippen MR) is 68.3 cm³/mol. The quantitative estimate of drug-likeness (QED) is 0.839. The maximum Gasteiger partial charge on any atom is 0.0178 e. The molecule has 0 saturated carbocycles. The molecule has 1 aromatic carbocycles. The highest BCUT2D eigenvalue weighted by Gasteiger charge is 2.09. The molecule has 0 atom stereocenters. The fourth-order valence-corrected chi connectivity index (χ4v) is 2.31. The van der Waals surface area contributed by atoms with Crippen molar-refractivity contribution in [2.24, 2.45) is 5.73 Å². The molecule has 0 unspecified atom stereocenters. The zero-order chi connectivity index (χ0) is 11.2. The molecule has 1 aromatic rings. The van der Waals surface area contributed by atoms with E-state index in [4.69, 9.17) is 5.73 Å². The molecule has 2 N–H and O–H groups in total. The molecule has 0 aliphatic carbocycles. The van der Waals surface area contributed by atoms with E-state index < -0.39 is 0 Å². The number of nitrogens with zero attached hydrogens (tertiary/aromatic N) is 1. The van der Waals surface area contributed by atoms with Crippen molar-refractivity contribution < 1.29 is 0 Å². The average molecular weight is 218 g/mol. The number of nitrogens with two attached hydrogens (primary N) is 1. The summed E-state index contributed by atoms with van der Waals surface area (Å²) in [4.78, 5) is 2.58. The van der Waals surface area contributed by atoms with Gasteiger partial charge in [-0.2, -0.15) is 0 Å². The zero-order valence-electron chi connectivity index (χ0n) is 9.99. The second-order valence-electron chi connectivity index (χ2n) is 4.67. The lowest BCUT2D eigenvalue weighted by Gasteiger charge is -2.26. The van der Waals surface area contributed by atoms with Gasteiger partial charge < -0.3 is 10.6 Å². The highest BCUT2D eigenvalue weighted by Crippen LogP contribution is 2.10. The Labute approximate surface area is 98.4 Å². The van der Waals surface area contributed by atoms with Gasteiger partial charge in [0, 0.05) is 13.1 Å². The summed E-state index contributed by atoms with van der Waals surface area (Å²) >= 11 is 0. The van der Waals surface area contributed by atoms with Gasteiger partial charge in [0.25, 0.3) is 0 Å². The van der Waals surface area contributed by atoms with Crippen LogP contribution in [0.3, 0.4) is 0 Å². The summed E-state index contributed by atoms with van der Waals surface area (Å²) < 4.78 is 0. The van der Waals surface area contributed by atoms with Crippen LogP contribution in [0.15, 0.2) is 24.3 Å². The molecule has 2 rings (SSSR count). The van der Waals surface area contributed by atoms with Gasteiger partial charge >= 0.3 is 0 Å². The average Bonchev–Trinajstić information content (AvgIpc) is 2.38. The fraction of sp³-hybridized carbons (Fsp3) is 0.571. The number of benzene rings is 1. The Morgan fingerprint density at radius 2 is 1.56 bits per heavy atom. The van der Waals surface area contributed by atoms with E-state index in [1.54, 1.807) is 0 Å². The summed E-state index contributed by atoms with van der Waals surface area (Å²) in [5.74, 6) is 0. The maximum absolute atomic E-state index is 5.58. The molecule has 0 aromatic heterocycles. The van der Waals surface area contributed by atoms with Crippen molar-refractivity contribution in [2.75, 3.05) is 19.6 Å². The predicted octanol–water partition coefficient (Wildman–Crippen LogP) is 2.17. The molecule has 0 bridgehead atoms. The molecule has 2 nitrogen and oxygen atoms in total. The van der Waals surface area contributed by atoms with Crippen molar-refractivity contribution in [3.8, 4) is 0 Å². The van der Waals surface area contributed by atoms with Crippen molar-refractivity contribution in [3.05, 3.63) is 35.4 Å². The lowest BCUT2D eigenvalue weighted by molar-refractivity contribution is 0.231. The Morgan fingerprint density at radius 3 is 2.19 bits per heavy atom. The van der Waals surface area contributed by atoms with Crippen molar-refractivity contribution in [3.63, 3.8) is 0 Å². The van der Waals surface area contributed by atoms with Gasteiger partial charge in [0.1, 0.15) is 0 Å². The molecular formula is C14H22N2. The fourth-order valence-electron chi connectivity index (χ4n) is 2.31. The Balaban J connectivity index is 1.79. The van der Waals surface area contributed by atoms with Gasteiger partial charge in [-0.15, -0.1) is 0 Å². The standard InChI is InChI=1S/C14H22N2/c15-12-14-6-4-13(5-7-14)8-11-16-9-2-1-3-10-16/h4-7H,1-3,8-12,15H2. The lowest BCUT2D eigenvalue weighted by atomic mass is 10.1. The Kier molecular flexibility index (Phi) is 4.37. The van der Waals surface area contributed by atoms with Gasteiger partial charge in [0.05, 0.1) is 0 Å². The largest absolute Gasteiger partial charge is 0.326 e. The van der Waals surface area contributed by atoms with Gasteiger partial charge in [-0.3, -0.25) is 0 Å². The monoisotopic (exact) mass is 218 g/mol. The molecule has 1 saturated heterocycles. The minimum absolute atomic E-state index is 0.645. The third kappa shape index (κ3) is 3.32. The molecule has 16 heavy (non-hydrogen) atoms. The summed E-state index contributed by atoms with van der Waals surface area (Å²) in [5, 5.41) is 0. The van der Waals surface area contributed by atoms with Crippen LogP contribution in [0.4, 0.5) is 0 Å². The van der Waals surface area contributed by atoms with E-state index in [0.717, 1.165) is 0 Å². The second kappa shape index (κ2) is 6.02. The summed E-state index contributed by atoms with van der Waals surface area (Å²) in [6.07, 6.45) is 5.35. The first-order valence-electron chi connectivity index (χ1n) is 6.39. The first-order valence-corrected chi connectivity index (χ1v) is 6.39. The number of hydrogen-bond acceptors (Lipinski definition) is 2. The number of piperidine rings is 1. The molecule has 0 amide bonds. The van der Waals surface area contributed by atoms with Gasteiger partial charge in [-0.25, -0.2) is 0 Å². The van der Waals surface area contributed by atoms with Gasteiger partial charge in [-0.05, 0) is 43.5 Å². The maximum atomic E-state index is 5.58. The highest BCUT2D eigenvalue weighted by atomic mass is 15.1. The van der Waals surface area contributed by atoms with Crippen molar-refractivity contribution in [2.45, 2.75) is 32.2 Å². The second-order valence-corrected chi connectivity index (χ2v) is 4.67. The van der Waals surface area contributed by atoms with Crippen LogP contribution in [0.5, 0.6) is 0 Å². The van der Waals surface area contributed by atoms with E-state index >= 15 is 0 Å². The Hall–Kier alpha value is -0.860. The van der Waals surface area contributed by atoms with Crippen LogP contribution in [0.25, 0.3) is 0 Å². The lowest BCUT2D eigenvalue weighted by Crippen LogP contribution is -2.31. The van der Waals surface area contributed by atoms with Crippen LogP contribution < -0.4 is 5.73 Å². The molecule has 1 heterocycles. The van der Waals surface area contributed by atoms with Gasteiger partial charge in [-0.1, -0.05) is 30.7 Å². The Morgan fingerprint density at radius 1 is 0.938 bits per heavy atom. The van der Waals surface area contributed by atoms with Gasteiger partial charge in [0.2, 0.25) is 0 Å². The SMILES string of the molecule is NCc1ccc(CCN2CCCCC2)cc1. The van der Waals surface area contributed by atoms with E-state index in [9.17, 15) is 0 Å². The van der Waals surface area contributed by atoms with Crippen LogP contribution in [-0.4, -0.2) is 24.5 Å². The first kappa shape index (κ1) is 11.6. The van der Waals surface area contributed by atoms with Crippen LogP contribution in [0, 0.1) is 0 Å². The van der Waals surface area contributed by atoms with E-state index in [1.807, 2.05) is 0 Å². The number of hydrogen-bond donors (Lipinski definition) is 1. The molecule has 1 aliphatic rings. The van der Waals surface area contributed by atoms with Crippen LogP contribution in [-0.2, 0) is 13.0 Å². The molecule has 1 aliphatic heterocycles. The van der Waals surface area contributed by atoms with Crippen molar-refractivity contribution >= 4 is 0 Å². The first-order chi connectivity index (χ1) is 7.88. The molecule has 1 fully saturated rings. The molecular weight excluding hydrogens is 196 g/mol. The van der Waals surface area contributed by atoms with Crippen molar-refractivity contribution in [1.82, 2.24) is 4.90 Å². The minimum Gasteiger partial charge on any atom is -0.326 e. The minimum atomic E-state index is 0.645. The zero-order valence-corrected chi connectivity index (χ0v) is 9.99. The third-order valence-corrected chi connectivity index (χ3v) is 3.42. The summed E-state index contributed by atoms with van der Waals surface area (Å²) in [6, 6.07) is 8.72. The van der Waals surface area contributed by atoms with E-state index in [0.29, 0.717) is 6.54 Å². The molecule has 0 spiro atoms. The summed E-state index contributed by atoms with van der Waals surface area (Å²) in [7, 11) is 0. The van der Waals surface area contributed by atoms with E-state index in [-0.39, 0.29) is 0 Å². The molecule has 0 radical (unpaired) electrons. The normalized spacial score (nSPS) is 17.6. The number of likely N-dealkylation sites (tertiary alicyclic amines) is 1. The van der Waals surface area contributed by atoms with Crippen LogP contribution >= 0.6 is 0 Å². The van der Waals surface area contributed by atoms with Crippen molar-refractivity contribution in [1.29, 1.82) is 0 Å². The summed E-state index contributed by atoms with van der Waals surface area (Å²) in [5.41, 5.74) is 8.24. The molecule has 2 heteroatoms. The van der Waals surface area contributed by atoms with Crippen LogP contribution in [0.1, 0.15) is 30.4 Å². The number of rotatable bonds is 4. The molecule has 88 valence electrons. The van der Waals surface area contributed by atoms with E-state index in [1.165, 1.54) is 56.4 Å². The summed E-state index contributed by atoms with van der Waals surface area (Å²) in [6.45, 7) is 4.44. The third-order valence-electron chi connectivity index (χ3n) is 3.42. The van der Waals surface area contributed by atoms with Crippen LogP contribution in [0.2, 0.25) is 0 Å². The smallest absolute Gasteiger partial charge is 0.0178 e. The topological polar surface area (TPSA) is 29.3 Å². The van der Waals surface area contributed by atoms with E-state index in [2.05, 4.69) is 29.2 Å². The highest BCUT2D eigenvalue weighted by molar-refractivity contribution is 5.22. The Bertz CT molecular complexity index is 299. The van der Waals surface area contributed by atoms with Gasteiger partial charge in [0.15, 0.2) is 0 Å².